The van der Waals surface area contributed by atoms with Gasteiger partial charge < -0.3 is 4.74 Å². The van der Waals surface area contributed by atoms with E-state index in [0.29, 0.717) is 12.0 Å². The highest BCUT2D eigenvalue weighted by atomic mass is 16.5. The van der Waals surface area contributed by atoms with Crippen LogP contribution in [0.1, 0.15) is 40.7 Å². The number of methoxy groups -OCH3 is 1. The van der Waals surface area contributed by atoms with E-state index >= 15 is 0 Å². The molecule has 0 saturated heterocycles. The summed E-state index contributed by atoms with van der Waals surface area (Å²) in [6.45, 7) is 2.11. The van der Waals surface area contributed by atoms with Gasteiger partial charge in [0, 0.05) is 17.9 Å². The average molecular weight is 278 g/mol. The molecule has 0 saturated carbocycles. The third-order valence-corrected chi connectivity index (χ3v) is 4.03. The molecule has 0 fully saturated rings. The molecule has 3 rings (SSSR count). The molecule has 2 heteroatoms. The fraction of sp³-hybridized carbons (Fsp3) is 0.211. The fourth-order valence-corrected chi connectivity index (χ4v) is 2.94. The van der Waals surface area contributed by atoms with Crippen LogP contribution >= 0.6 is 0 Å². The van der Waals surface area contributed by atoms with Crippen molar-refractivity contribution in [3.05, 3.63) is 71.3 Å². The topological polar surface area (TPSA) is 26.3 Å². The molecule has 0 spiro atoms. The van der Waals surface area contributed by atoms with Crippen LogP contribution in [0, 0.1) is 0 Å². The zero-order valence-electron chi connectivity index (χ0n) is 12.3. The summed E-state index contributed by atoms with van der Waals surface area (Å²) in [4.78, 5) is 12.5. The minimum absolute atomic E-state index is 0.152. The van der Waals surface area contributed by atoms with E-state index in [-0.39, 0.29) is 11.7 Å². The molecule has 1 unspecified atom stereocenters. The molecule has 0 heterocycles. The van der Waals surface area contributed by atoms with E-state index in [1.54, 1.807) is 13.2 Å². The van der Waals surface area contributed by atoms with Crippen LogP contribution in [0.3, 0.4) is 0 Å². The van der Waals surface area contributed by atoms with Crippen molar-refractivity contribution in [2.45, 2.75) is 19.3 Å². The van der Waals surface area contributed by atoms with Crippen LogP contribution in [0.5, 0.6) is 5.75 Å². The van der Waals surface area contributed by atoms with Crippen molar-refractivity contribution in [1.29, 1.82) is 0 Å². The Morgan fingerprint density at radius 2 is 1.95 bits per heavy atom. The number of ether oxygens (including phenoxy) is 1. The summed E-state index contributed by atoms with van der Waals surface area (Å²) >= 11 is 0. The van der Waals surface area contributed by atoms with Gasteiger partial charge in [0.25, 0.3) is 0 Å². The highest BCUT2D eigenvalue weighted by Gasteiger charge is 2.23. The number of carbonyl (C=O) groups is 1. The van der Waals surface area contributed by atoms with E-state index in [9.17, 15) is 4.79 Å². The zero-order valence-corrected chi connectivity index (χ0v) is 12.3. The molecule has 1 aliphatic carbocycles. The summed E-state index contributed by atoms with van der Waals surface area (Å²) in [5, 5.41) is 0. The zero-order chi connectivity index (χ0) is 14.8. The molecule has 1 atom stereocenters. The van der Waals surface area contributed by atoms with Crippen molar-refractivity contribution in [2.75, 3.05) is 7.11 Å². The monoisotopic (exact) mass is 278 g/mol. The normalized spacial score (nSPS) is 16.3. The summed E-state index contributed by atoms with van der Waals surface area (Å²) in [5.74, 6) is 1.05. The molecule has 2 aromatic carbocycles. The molecule has 1 aliphatic rings. The molecule has 0 aliphatic heterocycles. The van der Waals surface area contributed by atoms with Crippen molar-refractivity contribution in [3.8, 4) is 5.75 Å². The van der Waals surface area contributed by atoms with E-state index in [4.69, 9.17) is 4.74 Å². The summed E-state index contributed by atoms with van der Waals surface area (Å²) < 4.78 is 5.18. The number of ketones is 1. The van der Waals surface area contributed by atoms with Crippen molar-refractivity contribution in [2.24, 2.45) is 0 Å². The Morgan fingerprint density at radius 1 is 1.14 bits per heavy atom. The predicted molar refractivity (Wildman–Crippen MR) is 84.8 cm³/mol. The maximum Gasteiger partial charge on any atom is 0.163 e. The van der Waals surface area contributed by atoms with Crippen molar-refractivity contribution in [1.82, 2.24) is 0 Å². The molecule has 0 aromatic heterocycles. The van der Waals surface area contributed by atoms with Crippen LogP contribution in [0.25, 0.3) is 5.57 Å². The minimum atomic E-state index is 0.152. The molecule has 0 bridgehead atoms. The van der Waals surface area contributed by atoms with Gasteiger partial charge in [0.15, 0.2) is 5.78 Å². The second-order valence-electron chi connectivity index (χ2n) is 5.40. The molecule has 106 valence electrons. The van der Waals surface area contributed by atoms with E-state index in [2.05, 4.69) is 25.1 Å². The number of benzene rings is 2. The van der Waals surface area contributed by atoms with E-state index < -0.39 is 0 Å². The van der Waals surface area contributed by atoms with Crippen molar-refractivity contribution >= 4 is 11.4 Å². The lowest BCUT2D eigenvalue weighted by Crippen LogP contribution is -2.05. The Kier molecular flexibility index (Phi) is 3.61. The lowest BCUT2D eigenvalue weighted by atomic mass is 9.93. The first kappa shape index (κ1) is 13.6. The SMILES string of the molecule is COc1cccc(C(=O)CC2C=C(C)c3ccccc32)c1. The maximum absolute atomic E-state index is 12.5. The first-order chi connectivity index (χ1) is 10.2. The molecule has 0 amide bonds. The second-order valence-corrected chi connectivity index (χ2v) is 5.40. The van der Waals surface area contributed by atoms with Gasteiger partial charge in [-0.05, 0) is 35.8 Å². The average Bonchev–Trinajstić information content (AvgIpc) is 2.84. The van der Waals surface area contributed by atoms with Crippen molar-refractivity contribution < 1.29 is 9.53 Å². The molecular weight excluding hydrogens is 260 g/mol. The van der Waals surface area contributed by atoms with E-state index in [1.807, 2.05) is 30.3 Å². The number of hydrogen-bond donors (Lipinski definition) is 0. The largest absolute Gasteiger partial charge is 0.497 e. The smallest absolute Gasteiger partial charge is 0.163 e. The van der Waals surface area contributed by atoms with Gasteiger partial charge in [0.2, 0.25) is 0 Å². The number of fused-ring (bicyclic) bond motifs is 1. The summed E-state index contributed by atoms with van der Waals surface area (Å²) in [5.41, 5.74) is 4.49. The molecule has 0 radical (unpaired) electrons. The Labute approximate surface area is 125 Å². The maximum atomic E-state index is 12.5. The lowest BCUT2D eigenvalue weighted by Gasteiger charge is -2.10. The van der Waals surface area contributed by atoms with Gasteiger partial charge in [-0.2, -0.15) is 0 Å². The van der Waals surface area contributed by atoms with Crippen LogP contribution in [-0.2, 0) is 0 Å². The van der Waals surface area contributed by atoms with Gasteiger partial charge in [0.05, 0.1) is 7.11 Å². The second kappa shape index (κ2) is 5.57. The van der Waals surface area contributed by atoms with E-state index in [0.717, 1.165) is 5.75 Å². The molecule has 2 nitrogen and oxygen atoms in total. The van der Waals surface area contributed by atoms with Crippen LogP contribution in [-0.4, -0.2) is 12.9 Å². The third kappa shape index (κ3) is 2.62. The standard InChI is InChI=1S/C19H18O2/c1-13-10-15(18-9-4-3-8-17(13)18)12-19(20)14-6-5-7-16(11-14)21-2/h3-11,15H,12H2,1-2H3. The molecular formula is C19H18O2. The Bertz CT molecular complexity index is 713. The van der Waals surface area contributed by atoms with Gasteiger partial charge in [0.1, 0.15) is 5.75 Å². The molecule has 21 heavy (non-hydrogen) atoms. The minimum Gasteiger partial charge on any atom is -0.497 e. The first-order valence-electron chi connectivity index (χ1n) is 7.14. The first-order valence-corrected chi connectivity index (χ1v) is 7.14. The van der Waals surface area contributed by atoms with Gasteiger partial charge in [-0.3, -0.25) is 4.79 Å². The van der Waals surface area contributed by atoms with Crippen LogP contribution in [0.15, 0.2) is 54.6 Å². The number of allylic oxidation sites excluding steroid dienone is 2. The van der Waals surface area contributed by atoms with Gasteiger partial charge in [-0.15, -0.1) is 0 Å². The van der Waals surface area contributed by atoms with Gasteiger partial charge >= 0.3 is 0 Å². The third-order valence-electron chi connectivity index (χ3n) is 4.03. The van der Waals surface area contributed by atoms with Gasteiger partial charge in [-0.1, -0.05) is 42.5 Å². The Hall–Kier alpha value is -2.35. The lowest BCUT2D eigenvalue weighted by molar-refractivity contribution is 0.0978. The van der Waals surface area contributed by atoms with Crippen molar-refractivity contribution in [3.63, 3.8) is 0 Å². The highest BCUT2D eigenvalue weighted by Crippen LogP contribution is 2.38. The molecule has 2 aromatic rings. The Morgan fingerprint density at radius 3 is 2.76 bits per heavy atom. The van der Waals surface area contributed by atoms with Crippen LogP contribution < -0.4 is 4.74 Å². The molecule has 0 N–H and O–H groups in total. The number of Topliss-reactive ketones (excluding diaryl/α,β-unsaturated/α-hetero) is 1. The quantitative estimate of drug-likeness (QED) is 0.771. The number of carbonyl (C=O) groups excluding carboxylic acids is 1. The van der Waals surface area contributed by atoms with Gasteiger partial charge in [-0.25, -0.2) is 0 Å². The summed E-state index contributed by atoms with van der Waals surface area (Å²) in [6, 6.07) is 15.7. The fourth-order valence-electron chi connectivity index (χ4n) is 2.94. The number of hydrogen-bond acceptors (Lipinski definition) is 2. The number of rotatable bonds is 4. The predicted octanol–water partition coefficient (Wildman–Crippen LogP) is 4.47. The van der Waals surface area contributed by atoms with E-state index in [1.165, 1.54) is 16.7 Å². The highest BCUT2D eigenvalue weighted by molar-refractivity contribution is 5.97. The summed E-state index contributed by atoms with van der Waals surface area (Å²) in [6.07, 6.45) is 2.70. The Balaban J connectivity index is 1.83. The van der Waals surface area contributed by atoms with Crippen LogP contribution in [0.2, 0.25) is 0 Å². The summed E-state index contributed by atoms with van der Waals surface area (Å²) in [7, 11) is 1.61. The van der Waals surface area contributed by atoms with Crippen LogP contribution in [0.4, 0.5) is 0 Å².